The molecule has 1 N–H and O–H groups in total. The van der Waals surface area contributed by atoms with Crippen LogP contribution in [0, 0.1) is 10.1 Å². The monoisotopic (exact) mass is 291 g/mol. The summed E-state index contributed by atoms with van der Waals surface area (Å²) in [7, 11) is 0. The number of thioether (sulfide) groups is 2. The zero-order chi connectivity index (χ0) is 12.5. The van der Waals surface area contributed by atoms with Gasteiger partial charge in [0.05, 0.1) is 4.92 Å². The third-order valence-electron chi connectivity index (χ3n) is 1.70. The van der Waals surface area contributed by atoms with Gasteiger partial charge in [-0.1, -0.05) is 0 Å². The lowest BCUT2D eigenvalue weighted by atomic mass is 10.7. The standard InChI is InChI=1S/C9H13N3O2S3/c1-15-8(6-12(13)14)10-2-4-16-7-9-11-3-5-17-9/h3,5-6,10H,2,4,7H2,1H3. The van der Waals surface area contributed by atoms with Gasteiger partial charge >= 0.3 is 0 Å². The number of hydrogen-bond acceptors (Lipinski definition) is 7. The normalized spacial score (nSPS) is 11.5. The average molecular weight is 291 g/mol. The molecule has 17 heavy (non-hydrogen) atoms. The Bertz CT molecular complexity index is 368. The van der Waals surface area contributed by atoms with Crippen LogP contribution in [0.5, 0.6) is 0 Å². The maximum absolute atomic E-state index is 10.3. The molecule has 0 aliphatic rings. The molecule has 0 radical (unpaired) electrons. The van der Waals surface area contributed by atoms with E-state index >= 15 is 0 Å². The van der Waals surface area contributed by atoms with Crippen molar-refractivity contribution in [2.24, 2.45) is 0 Å². The summed E-state index contributed by atoms with van der Waals surface area (Å²) in [4.78, 5) is 14.0. The van der Waals surface area contributed by atoms with Crippen LogP contribution in [0.3, 0.4) is 0 Å². The van der Waals surface area contributed by atoms with Gasteiger partial charge in [0.25, 0.3) is 6.20 Å². The molecule has 1 rings (SSSR count). The highest BCUT2D eigenvalue weighted by Gasteiger charge is 2.00. The van der Waals surface area contributed by atoms with Crippen molar-refractivity contribution in [3.8, 4) is 0 Å². The lowest BCUT2D eigenvalue weighted by molar-refractivity contribution is -0.403. The quantitative estimate of drug-likeness (QED) is 0.450. The minimum Gasteiger partial charge on any atom is -0.374 e. The molecule has 94 valence electrons. The molecule has 0 aliphatic carbocycles. The van der Waals surface area contributed by atoms with Gasteiger partial charge in [0.1, 0.15) is 10.0 Å². The van der Waals surface area contributed by atoms with Crippen molar-refractivity contribution in [2.75, 3.05) is 18.6 Å². The van der Waals surface area contributed by atoms with E-state index in [2.05, 4.69) is 10.3 Å². The number of hydrogen-bond donors (Lipinski definition) is 1. The topological polar surface area (TPSA) is 68.1 Å². The van der Waals surface area contributed by atoms with E-state index in [1.807, 2.05) is 11.6 Å². The highest BCUT2D eigenvalue weighted by molar-refractivity contribution is 8.02. The molecular formula is C9H13N3O2S3. The molecule has 0 saturated heterocycles. The molecule has 0 fully saturated rings. The summed E-state index contributed by atoms with van der Waals surface area (Å²) in [6.45, 7) is 0.719. The fourth-order valence-corrected chi connectivity index (χ4v) is 3.00. The van der Waals surface area contributed by atoms with Crippen LogP contribution < -0.4 is 5.32 Å². The van der Waals surface area contributed by atoms with Crippen LogP contribution in [-0.2, 0) is 5.75 Å². The van der Waals surface area contributed by atoms with Crippen molar-refractivity contribution in [1.82, 2.24) is 10.3 Å². The first-order valence-corrected chi connectivity index (χ1v) is 8.07. The van der Waals surface area contributed by atoms with Gasteiger partial charge in [-0.3, -0.25) is 10.1 Å². The lowest BCUT2D eigenvalue weighted by Crippen LogP contribution is -2.15. The first-order valence-electron chi connectivity index (χ1n) is 4.81. The summed E-state index contributed by atoms with van der Waals surface area (Å²) >= 11 is 4.75. The number of nitro groups is 1. The van der Waals surface area contributed by atoms with Crippen LogP contribution in [0.4, 0.5) is 0 Å². The summed E-state index contributed by atoms with van der Waals surface area (Å²) in [5.74, 6) is 1.79. The van der Waals surface area contributed by atoms with Gasteiger partial charge in [-0.15, -0.1) is 23.1 Å². The van der Waals surface area contributed by atoms with Crippen LogP contribution in [-0.4, -0.2) is 28.5 Å². The van der Waals surface area contributed by atoms with Crippen LogP contribution in [0.25, 0.3) is 0 Å². The van der Waals surface area contributed by atoms with Crippen molar-refractivity contribution in [3.63, 3.8) is 0 Å². The van der Waals surface area contributed by atoms with Crippen LogP contribution in [0.1, 0.15) is 5.01 Å². The summed E-state index contributed by atoms with van der Waals surface area (Å²) in [6, 6.07) is 0. The molecule has 5 nitrogen and oxygen atoms in total. The van der Waals surface area contributed by atoms with E-state index in [4.69, 9.17) is 0 Å². The minimum atomic E-state index is -0.443. The molecule has 0 aromatic carbocycles. The maximum Gasteiger partial charge on any atom is 0.263 e. The van der Waals surface area contributed by atoms with Crippen molar-refractivity contribution in [3.05, 3.63) is 37.9 Å². The van der Waals surface area contributed by atoms with E-state index in [0.29, 0.717) is 5.03 Å². The van der Waals surface area contributed by atoms with E-state index in [-0.39, 0.29) is 0 Å². The van der Waals surface area contributed by atoms with Gasteiger partial charge in [-0.05, 0) is 6.26 Å². The molecule has 0 unspecified atom stereocenters. The number of aromatic nitrogens is 1. The van der Waals surface area contributed by atoms with E-state index < -0.39 is 4.92 Å². The van der Waals surface area contributed by atoms with Crippen molar-refractivity contribution >= 4 is 34.9 Å². The van der Waals surface area contributed by atoms with Crippen molar-refractivity contribution in [2.45, 2.75) is 5.75 Å². The van der Waals surface area contributed by atoms with E-state index in [9.17, 15) is 10.1 Å². The van der Waals surface area contributed by atoms with Gasteiger partial charge in [-0.2, -0.15) is 11.8 Å². The van der Waals surface area contributed by atoms with E-state index in [1.165, 1.54) is 11.8 Å². The van der Waals surface area contributed by atoms with E-state index in [0.717, 1.165) is 29.3 Å². The molecule has 0 bridgehead atoms. The summed E-state index contributed by atoms with van der Waals surface area (Å²) < 4.78 is 0. The van der Waals surface area contributed by atoms with Gasteiger partial charge in [0.15, 0.2) is 0 Å². The van der Waals surface area contributed by atoms with E-state index in [1.54, 1.807) is 29.3 Å². The van der Waals surface area contributed by atoms with Gasteiger partial charge in [0, 0.05) is 29.6 Å². The molecule has 0 atom stereocenters. The third-order valence-corrected chi connectivity index (χ3v) is 4.32. The highest BCUT2D eigenvalue weighted by atomic mass is 32.2. The lowest BCUT2D eigenvalue weighted by Gasteiger charge is -2.05. The van der Waals surface area contributed by atoms with Crippen molar-refractivity contribution in [1.29, 1.82) is 0 Å². The number of nitrogens with zero attached hydrogens (tertiary/aromatic N) is 2. The third kappa shape index (κ3) is 6.54. The second-order valence-electron chi connectivity index (χ2n) is 2.89. The molecule has 1 heterocycles. The fraction of sp³-hybridized carbons (Fsp3) is 0.444. The Balaban J connectivity index is 2.13. The van der Waals surface area contributed by atoms with Crippen LogP contribution >= 0.6 is 34.9 Å². The average Bonchev–Trinajstić information content (AvgIpc) is 2.79. The number of nitrogens with one attached hydrogen (secondary N) is 1. The molecule has 0 aliphatic heterocycles. The van der Waals surface area contributed by atoms with Crippen LogP contribution in [0.15, 0.2) is 22.8 Å². The molecular weight excluding hydrogens is 278 g/mol. The summed E-state index contributed by atoms with van der Waals surface area (Å²) in [6.07, 6.45) is 4.60. The largest absolute Gasteiger partial charge is 0.374 e. The summed E-state index contributed by atoms with van der Waals surface area (Å²) in [5, 5.41) is 17.0. The molecule has 0 saturated carbocycles. The Morgan fingerprint density at radius 3 is 3.18 bits per heavy atom. The fourth-order valence-electron chi connectivity index (χ4n) is 0.996. The minimum absolute atomic E-state index is 0.443. The Kier molecular flexibility index (Phi) is 7.06. The Morgan fingerprint density at radius 2 is 2.59 bits per heavy atom. The number of rotatable bonds is 8. The van der Waals surface area contributed by atoms with Gasteiger partial charge in [0.2, 0.25) is 0 Å². The van der Waals surface area contributed by atoms with Crippen molar-refractivity contribution < 1.29 is 4.92 Å². The Labute approximate surface area is 112 Å². The molecule has 1 aromatic rings. The zero-order valence-electron chi connectivity index (χ0n) is 9.29. The molecule has 0 amide bonds. The molecule has 1 aromatic heterocycles. The molecule has 8 heteroatoms. The zero-order valence-corrected chi connectivity index (χ0v) is 11.7. The smallest absolute Gasteiger partial charge is 0.263 e. The van der Waals surface area contributed by atoms with Crippen LogP contribution in [0.2, 0.25) is 0 Å². The molecule has 0 spiro atoms. The Hall–Kier alpha value is -0.730. The second-order valence-corrected chi connectivity index (χ2v) is 5.82. The SMILES string of the molecule is CSC(=C[N+](=O)[O-])NCCSCc1nccs1. The van der Waals surface area contributed by atoms with Gasteiger partial charge < -0.3 is 5.32 Å². The second kappa shape index (κ2) is 8.37. The van der Waals surface area contributed by atoms with Gasteiger partial charge in [-0.25, -0.2) is 4.98 Å². The summed E-state index contributed by atoms with van der Waals surface area (Å²) in [5.41, 5.74) is 0. The number of thiazole rings is 1. The first-order chi connectivity index (χ1) is 8.22. The Morgan fingerprint density at radius 1 is 1.76 bits per heavy atom. The first kappa shape index (κ1) is 14.3. The maximum atomic E-state index is 10.3. The highest BCUT2D eigenvalue weighted by Crippen LogP contribution is 2.14. The predicted octanol–water partition coefficient (Wildman–Crippen LogP) is 2.40. The predicted molar refractivity (Wildman–Crippen MR) is 74.9 cm³/mol.